The van der Waals surface area contributed by atoms with E-state index in [9.17, 15) is 4.79 Å². The van der Waals surface area contributed by atoms with Gasteiger partial charge >= 0.3 is 0 Å². The van der Waals surface area contributed by atoms with E-state index in [-0.39, 0.29) is 5.91 Å². The van der Waals surface area contributed by atoms with Crippen molar-refractivity contribution in [3.05, 3.63) is 21.4 Å². The standard InChI is InChI=1S/C16H25N3OS/c1-16(2,19-8-6-17-7-9-19)15(20)18-11-13-10-12-4-3-5-14(12)21-13/h10,17H,3-9,11H2,1-2H3,(H,18,20). The normalized spacial score (nSPS) is 19.5. The van der Waals surface area contributed by atoms with Crippen molar-refractivity contribution in [1.29, 1.82) is 0 Å². The molecule has 0 spiro atoms. The Labute approximate surface area is 130 Å². The predicted octanol–water partition coefficient (Wildman–Crippen LogP) is 1.54. The third kappa shape index (κ3) is 3.15. The van der Waals surface area contributed by atoms with Crippen molar-refractivity contribution in [2.45, 2.75) is 45.2 Å². The van der Waals surface area contributed by atoms with Crippen LogP contribution in [0.3, 0.4) is 0 Å². The molecule has 0 bridgehead atoms. The number of nitrogens with zero attached hydrogens (tertiary/aromatic N) is 1. The number of hydrogen-bond acceptors (Lipinski definition) is 4. The van der Waals surface area contributed by atoms with Crippen molar-refractivity contribution in [1.82, 2.24) is 15.5 Å². The van der Waals surface area contributed by atoms with Gasteiger partial charge in [-0.05, 0) is 44.7 Å². The molecule has 1 aromatic heterocycles. The average Bonchev–Trinajstić information content (AvgIpc) is 3.06. The lowest BCUT2D eigenvalue weighted by Gasteiger charge is -2.39. The summed E-state index contributed by atoms with van der Waals surface area (Å²) in [5.41, 5.74) is 1.08. The molecule has 1 fully saturated rings. The largest absolute Gasteiger partial charge is 0.350 e. The van der Waals surface area contributed by atoms with Crippen LogP contribution in [-0.4, -0.2) is 42.5 Å². The van der Waals surface area contributed by atoms with Gasteiger partial charge < -0.3 is 10.6 Å². The lowest BCUT2D eigenvalue weighted by molar-refractivity contribution is -0.132. The molecule has 2 N–H and O–H groups in total. The van der Waals surface area contributed by atoms with Crippen LogP contribution in [0, 0.1) is 0 Å². The molecule has 5 heteroatoms. The highest BCUT2D eigenvalue weighted by atomic mass is 32.1. The summed E-state index contributed by atoms with van der Waals surface area (Å²) in [6.07, 6.45) is 3.73. The number of carbonyl (C=O) groups excluding carboxylic acids is 1. The SMILES string of the molecule is CC(C)(C(=O)NCc1cc2c(s1)CCC2)N1CCNCC1. The molecule has 1 aliphatic carbocycles. The van der Waals surface area contributed by atoms with Crippen molar-refractivity contribution in [2.24, 2.45) is 0 Å². The lowest BCUT2D eigenvalue weighted by Crippen LogP contribution is -2.59. The molecule has 0 unspecified atom stereocenters. The minimum atomic E-state index is -0.428. The van der Waals surface area contributed by atoms with Gasteiger partial charge in [-0.3, -0.25) is 9.69 Å². The van der Waals surface area contributed by atoms with E-state index < -0.39 is 5.54 Å². The van der Waals surface area contributed by atoms with Crippen LogP contribution in [0.25, 0.3) is 0 Å². The fourth-order valence-electron chi connectivity index (χ4n) is 3.23. The Hall–Kier alpha value is -0.910. The summed E-state index contributed by atoms with van der Waals surface area (Å²) in [5.74, 6) is 0.137. The number of rotatable bonds is 4. The van der Waals surface area contributed by atoms with Crippen LogP contribution in [0.5, 0.6) is 0 Å². The minimum absolute atomic E-state index is 0.137. The van der Waals surface area contributed by atoms with E-state index >= 15 is 0 Å². The summed E-state index contributed by atoms with van der Waals surface area (Å²) in [5, 5.41) is 6.47. The van der Waals surface area contributed by atoms with Gasteiger partial charge in [0.15, 0.2) is 0 Å². The Balaban J connectivity index is 1.57. The second-order valence-corrected chi connectivity index (χ2v) is 7.71. The Morgan fingerprint density at radius 2 is 2.14 bits per heavy atom. The van der Waals surface area contributed by atoms with Crippen molar-refractivity contribution in [3.63, 3.8) is 0 Å². The molecule has 21 heavy (non-hydrogen) atoms. The van der Waals surface area contributed by atoms with Gasteiger partial charge in [0.2, 0.25) is 5.91 Å². The minimum Gasteiger partial charge on any atom is -0.350 e. The zero-order valence-corrected chi connectivity index (χ0v) is 13.8. The van der Waals surface area contributed by atoms with E-state index in [4.69, 9.17) is 0 Å². The number of nitrogens with one attached hydrogen (secondary N) is 2. The monoisotopic (exact) mass is 307 g/mol. The van der Waals surface area contributed by atoms with Gasteiger partial charge in [-0.15, -0.1) is 11.3 Å². The predicted molar refractivity (Wildman–Crippen MR) is 86.7 cm³/mol. The fraction of sp³-hybridized carbons (Fsp3) is 0.688. The van der Waals surface area contributed by atoms with Crippen LogP contribution in [0.2, 0.25) is 0 Å². The maximum absolute atomic E-state index is 12.5. The van der Waals surface area contributed by atoms with E-state index in [0.29, 0.717) is 6.54 Å². The molecule has 4 nitrogen and oxygen atoms in total. The number of piperazine rings is 1. The first kappa shape index (κ1) is 15.0. The molecule has 1 aliphatic heterocycles. The van der Waals surface area contributed by atoms with Gasteiger partial charge in [0.25, 0.3) is 0 Å². The zero-order valence-electron chi connectivity index (χ0n) is 13.0. The number of aryl methyl sites for hydroxylation is 2. The summed E-state index contributed by atoms with van der Waals surface area (Å²) in [6.45, 7) is 8.54. The van der Waals surface area contributed by atoms with E-state index in [2.05, 4.69) is 21.6 Å². The molecule has 0 radical (unpaired) electrons. The van der Waals surface area contributed by atoms with Crippen LogP contribution >= 0.6 is 11.3 Å². The Kier molecular flexibility index (Phi) is 4.33. The van der Waals surface area contributed by atoms with E-state index in [1.807, 2.05) is 25.2 Å². The third-order valence-corrected chi connectivity index (χ3v) is 5.92. The van der Waals surface area contributed by atoms with Crippen molar-refractivity contribution < 1.29 is 4.79 Å². The highest BCUT2D eigenvalue weighted by molar-refractivity contribution is 7.12. The Morgan fingerprint density at radius 1 is 1.38 bits per heavy atom. The van der Waals surface area contributed by atoms with Crippen LogP contribution in [0.15, 0.2) is 6.07 Å². The van der Waals surface area contributed by atoms with Gasteiger partial charge in [-0.1, -0.05) is 0 Å². The second kappa shape index (κ2) is 6.07. The van der Waals surface area contributed by atoms with Gasteiger partial charge in [0.1, 0.15) is 0 Å². The molecule has 1 saturated heterocycles. The highest BCUT2D eigenvalue weighted by Crippen LogP contribution is 2.30. The lowest BCUT2D eigenvalue weighted by atomic mass is 10.0. The maximum atomic E-state index is 12.5. The van der Waals surface area contributed by atoms with Gasteiger partial charge in [0, 0.05) is 35.9 Å². The average molecular weight is 307 g/mol. The van der Waals surface area contributed by atoms with Crippen molar-refractivity contribution in [2.75, 3.05) is 26.2 Å². The molecule has 1 amide bonds. The summed E-state index contributed by atoms with van der Waals surface area (Å²) in [4.78, 5) is 17.6. The number of hydrogen-bond donors (Lipinski definition) is 2. The van der Waals surface area contributed by atoms with Gasteiger partial charge in [-0.25, -0.2) is 0 Å². The Bertz CT molecular complexity index is 496. The molecule has 116 valence electrons. The maximum Gasteiger partial charge on any atom is 0.240 e. The van der Waals surface area contributed by atoms with Crippen LogP contribution in [0.4, 0.5) is 0 Å². The summed E-state index contributed by atoms with van der Waals surface area (Å²) >= 11 is 1.87. The summed E-state index contributed by atoms with van der Waals surface area (Å²) in [6, 6.07) is 2.28. The molecular formula is C16H25N3OS. The van der Waals surface area contributed by atoms with Crippen molar-refractivity contribution >= 4 is 17.2 Å². The number of fused-ring (bicyclic) bond motifs is 1. The van der Waals surface area contributed by atoms with Gasteiger partial charge in [-0.2, -0.15) is 0 Å². The number of amides is 1. The molecule has 3 rings (SSSR count). The molecule has 0 saturated carbocycles. The second-order valence-electron chi connectivity index (χ2n) is 6.49. The molecule has 2 heterocycles. The van der Waals surface area contributed by atoms with E-state index in [1.165, 1.54) is 34.6 Å². The number of thiophene rings is 1. The van der Waals surface area contributed by atoms with Gasteiger partial charge in [0.05, 0.1) is 12.1 Å². The van der Waals surface area contributed by atoms with Crippen LogP contribution in [0.1, 0.15) is 35.6 Å². The summed E-state index contributed by atoms with van der Waals surface area (Å²) < 4.78 is 0. The summed E-state index contributed by atoms with van der Waals surface area (Å²) in [7, 11) is 0. The zero-order chi connectivity index (χ0) is 14.9. The molecule has 0 aromatic carbocycles. The Morgan fingerprint density at radius 3 is 2.86 bits per heavy atom. The molecule has 2 aliphatic rings. The van der Waals surface area contributed by atoms with Crippen LogP contribution < -0.4 is 10.6 Å². The van der Waals surface area contributed by atoms with E-state index in [0.717, 1.165) is 26.2 Å². The third-order valence-electron chi connectivity index (χ3n) is 4.68. The smallest absolute Gasteiger partial charge is 0.240 e. The topological polar surface area (TPSA) is 44.4 Å². The van der Waals surface area contributed by atoms with E-state index in [1.54, 1.807) is 0 Å². The quantitative estimate of drug-likeness (QED) is 0.887. The first-order valence-electron chi connectivity index (χ1n) is 7.92. The molecular weight excluding hydrogens is 282 g/mol. The molecule has 1 aromatic rings. The highest BCUT2D eigenvalue weighted by Gasteiger charge is 2.34. The first-order valence-corrected chi connectivity index (χ1v) is 8.73. The fourth-order valence-corrected chi connectivity index (χ4v) is 4.43. The number of carbonyl (C=O) groups is 1. The van der Waals surface area contributed by atoms with Crippen LogP contribution in [-0.2, 0) is 24.2 Å². The molecule has 0 atom stereocenters. The van der Waals surface area contributed by atoms with Crippen molar-refractivity contribution in [3.8, 4) is 0 Å². The first-order chi connectivity index (χ1) is 10.1.